The highest BCUT2D eigenvalue weighted by molar-refractivity contribution is 5.75. The summed E-state index contributed by atoms with van der Waals surface area (Å²) in [5.74, 6) is -2.02. The Morgan fingerprint density at radius 2 is 1.47 bits per heavy atom. The molecule has 0 unspecified atom stereocenters. The lowest BCUT2D eigenvalue weighted by atomic mass is 9.60. The Morgan fingerprint density at radius 1 is 1.06 bits per heavy atom. The van der Waals surface area contributed by atoms with Gasteiger partial charge in [0.1, 0.15) is 0 Å². The van der Waals surface area contributed by atoms with E-state index in [0.29, 0.717) is 0 Å². The van der Waals surface area contributed by atoms with E-state index in [2.05, 4.69) is 0 Å². The zero-order valence-corrected chi connectivity index (χ0v) is 10.8. The molecule has 0 aliphatic carbocycles. The normalized spacial score (nSPS) is 13.5. The van der Waals surface area contributed by atoms with Gasteiger partial charge in [0, 0.05) is 11.8 Å². The summed E-state index contributed by atoms with van der Waals surface area (Å²) < 4.78 is 0. The monoisotopic (exact) mass is 246 g/mol. The summed E-state index contributed by atoms with van der Waals surface area (Å²) in [6.07, 6.45) is -0.168. The van der Waals surface area contributed by atoms with Crippen LogP contribution >= 0.6 is 0 Å². The van der Waals surface area contributed by atoms with Gasteiger partial charge in [-0.25, -0.2) is 0 Å². The van der Waals surface area contributed by atoms with Crippen molar-refractivity contribution in [2.24, 2.45) is 22.3 Å². The average Bonchev–Trinajstić information content (AvgIpc) is 2.14. The van der Waals surface area contributed by atoms with Crippen LogP contribution in [0.15, 0.2) is 0 Å². The van der Waals surface area contributed by atoms with Gasteiger partial charge in [-0.05, 0) is 20.3 Å². The molecule has 6 heteroatoms. The van der Waals surface area contributed by atoms with Gasteiger partial charge < -0.3 is 21.7 Å². The topological polar surface area (TPSA) is 127 Å². The molecule has 6 N–H and O–H groups in total. The second-order valence-electron chi connectivity index (χ2n) is 5.49. The van der Waals surface area contributed by atoms with Gasteiger partial charge in [-0.15, -0.1) is 0 Å². The lowest BCUT2D eigenvalue weighted by molar-refractivity contribution is -0.158. The van der Waals surface area contributed by atoms with Crippen LogP contribution in [0.4, 0.5) is 0 Å². The van der Waals surface area contributed by atoms with Crippen molar-refractivity contribution >= 4 is 11.9 Å². The molecule has 100 valence electrons. The molecule has 0 aromatic rings. The van der Waals surface area contributed by atoms with Crippen molar-refractivity contribution in [3.8, 4) is 0 Å². The third kappa shape index (κ3) is 2.95. The SMILES string of the molecule is CC(C)(C(=O)O)C(C)(C)C(N)(N)CCC(=O)O. The number of carbonyl (C=O) groups is 2. The summed E-state index contributed by atoms with van der Waals surface area (Å²) >= 11 is 0. The smallest absolute Gasteiger partial charge is 0.309 e. The second kappa shape index (κ2) is 4.62. The largest absolute Gasteiger partial charge is 0.481 e. The fraction of sp³-hybridized carbons (Fsp3) is 0.818. The molecule has 0 aliphatic rings. The van der Waals surface area contributed by atoms with E-state index in [9.17, 15) is 14.7 Å². The standard InChI is InChI=1S/C11H22N2O4/c1-9(2,8(16)17)10(3,4)11(12,13)6-5-7(14)15/h5-6,12-13H2,1-4H3,(H,14,15)(H,16,17). The minimum absolute atomic E-state index is 0.0199. The number of aliphatic carboxylic acids is 2. The first-order valence-corrected chi connectivity index (χ1v) is 5.39. The first-order chi connectivity index (χ1) is 7.36. The first-order valence-electron chi connectivity index (χ1n) is 5.39. The van der Waals surface area contributed by atoms with Crippen molar-refractivity contribution in [2.75, 3.05) is 0 Å². The molecule has 0 saturated carbocycles. The summed E-state index contributed by atoms with van der Waals surface area (Å²) in [5.41, 5.74) is 8.35. The van der Waals surface area contributed by atoms with Gasteiger partial charge in [0.25, 0.3) is 0 Å². The molecule has 0 aromatic heterocycles. The molecule has 0 spiro atoms. The number of hydrogen-bond donors (Lipinski definition) is 4. The second-order valence-corrected chi connectivity index (χ2v) is 5.49. The van der Waals surface area contributed by atoms with E-state index in [-0.39, 0.29) is 12.8 Å². The summed E-state index contributed by atoms with van der Waals surface area (Å²) in [7, 11) is 0. The van der Waals surface area contributed by atoms with Crippen LogP contribution in [0.5, 0.6) is 0 Å². The van der Waals surface area contributed by atoms with Gasteiger partial charge in [-0.1, -0.05) is 13.8 Å². The van der Waals surface area contributed by atoms with Gasteiger partial charge in [0.15, 0.2) is 0 Å². The maximum Gasteiger partial charge on any atom is 0.309 e. The molecule has 6 nitrogen and oxygen atoms in total. The Labute approximate surface area is 101 Å². The minimum Gasteiger partial charge on any atom is -0.481 e. The predicted molar refractivity (Wildman–Crippen MR) is 63.2 cm³/mol. The van der Waals surface area contributed by atoms with Crippen LogP contribution in [0.1, 0.15) is 40.5 Å². The average molecular weight is 246 g/mol. The third-order valence-corrected chi connectivity index (χ3v) is 4.01. The Hall–Kier alpha value is -1.14. The molecule has 0 fully saturated rings. The highest BCUT2D eigenvalue weighted by Crippen LogP contribution is 2.45. The molecule has 17 heavy (non-hydrogen) atoms. The summed E-state index contributed by atoms with van der Waals surface area (Å²) in [6, 6.07) is 0. The highest BCUT2D eigenvalue weighted by atomic mass is 16.4. The van der Waals surface area contributed by atoms with Crippen LogP contribution < -0.4 is 11.5 Å². The van der Waals surface area contributed by atoms with Gasteiger partial charge >= 0.3 is 11.9 Å². The minimum atomic E-state index is -1.37. The zero-order chi connectivity index (χ0) is 14.1. The molecule has 0 bridgehead atoms. The van der Waals surface area contributed by atoms with Crippen molar-refractivity contribution in [3.63, 3.8) is 0 Å². The van der Waals surface area contributed by atoms with Crippen LogP contribution in [-0.4, -0.2) is 27.8 Å². The molecular weight excluding hydrogens is 224 g/mol. The van der Waals surface area contributed by atoms with Gasteiger partial charge in [0.2, 0.25) is 0 Å². The van der Waals surface area contributed by atoms with Crippen molar-refractivity contribution < 1.29 is 19.8 Å². The lowest BCUT2D eigenvalue weighted by Crippen LogP contribution is -2.66. The van der Waals surface area contributed by atoms with E-state index in [1.54, 1.807) is 13.8 Å². The van der Waals surface area contributed by atoms with Crippen LogP contribution in [-0.2, 0) is 9.59 Å². The van der Waals surface area contributed by atoms with Crippen LogP contribution in [0.3, 0.4) is 0 Å². The van der Waals surface area contributed by atoms with E-state index < -0.39 is 28.4 Å². The fourth-order valence-corrected chi connectivity index (χ4v) is 1.48. The van der Waals surface area contributed by atoms with Crippen molar-refractivity contribution in [2.45, 2.75) is 46.2 Å². The Bertz CT molecular complexity index is 321. The number of carboxylic acids is 2. The van der Waals surface area contributed by atoms with Gasteiger partial charge in [-0.3, -0.25) is 9.59 Å². The predicted octanol–water partition coefficient (Wildman–Crippen LogP) is 0.602. The number of hydrogen-bond acceptors (Lipinski definition) is 4. The van der Waals surface area contributed by atoms with Gasteiger partial charge in [0.05, 0.1) is 11.1 Å². The first kappa shape index (κ1) is 15.9. The molecule has 0 heterocycles. The zero-order valence-electron chi connectivity index (χ0n) is 10.8. The fourth-order valence-electron chi connectivity index (χ4n) is 1.48. The quantitative estimate of drug-likeness (QED) is 0.508. The van der Waals surface area contributed by atoms with Gasteiger partial charge in [-0.2, -0.15) is 0 Å². The lowest BCUT2D eigenvalue weighted by Gasteiger charge is -2.49. The number of nitrogens with two attached hydrogens (primary N) is 2. The maximum atomic E-state index is 11.2. The van der Waals surface area contributed by atoms with Crippen LogP contribution in [0.25, 0.3) is 0 Å². The van der Waals surface area contributed by atoms with E-state index in [1.165, 1.54) is 13.8 Å². The van der Waals surface area contributed by atoms with Crippen molar-refractivity contribution in [3.05, 3.63) is 0 Å². The van der Waals surface area contributed by atoms with Crippen LogP contribution in [0, 0.1) is 10.8 Å². The van der Waals surface area contributed by atoms with Crippen molar-refractivity contribution in [1.29, 1.82) is 0 Å². The molecule has 0 atom stereocenters. The number of carboxylic acid groups (broad SMARTS) is 2. The van der Waals surface area contributed by atoms with E-state index in [1.807, 2.05) is 0 Å². The maximum absolute atomic E-state index is 11.2. The highest BCUT2D eigenvalue weighted by Gasteiger charge is 2.53. The molecule has 0 aromatic carbocycles. The van der Waals surface area contributed by atoms with Crippen molar-refractivity contribution in [1.82, 2.24) is 0 Å². The summed E-state index contributed by atoms with van der Waals surface area (Å²) in [4.78, 5) is 21.8. The molecule has 0 saturated heterocycles. The Kier molecular flexibility index (Phi) is 4.31. The summed E-state index contributed by atoms with van der Waals surface area (Å²) in [6.45, 7) is 6.35. The molecule has 0 radical (unpaired) electrons. The molecule has 0 amide bonds. The third-order valence-electron chi connectivity index (χ3n) is 4.01. The Morgan fingerprint density at radius 3 is 1.76 bits per heavy atom. The molecule has 0 rings (SSSR count). The molecular formula is C11H22N2O4. The molecule has 0 aliphatic heterocycles. The van der Waals surface area contributed by atoms with Crippen LogP contribution in [0.2, 0.25) is 0 Å². The Balaban J connectivity index is 5.14. The van der Waals surface area contributed by atoms with E-state index in [4.69, 9.17) is 16.6 Å². The summed E-state index contributed by atoms with van der Waals surface area (Å²) in [5, 5.41) is 17.8. The van der Waals surface area contributed by atoms with E-state index >= 15 is 0 Å². The van der Waals surface area contributed by atoms with E-state index in [0.717, 1.165) is 0 Å². The number of rotatable bonds is 6.